The first-order valence-corrected chi connectivity index (χ1v) is 11.1. The molecule has 1 fully saturated rings. The number of nitrogens with one attached hydrogen (secondary N) is 1. The Morgan fingerprint density at radius 3 is 2.84 bits per heavy atom. The molecule has 0 radical (unpaired) electrons. The number of fused-ring (bicyclic) bond motifs is 1. The van der Waals surface area contributed by atoms with E-state index < -0.39 is 0 Å². The van der Waals surface area contributed by atoms with Crippen molar-refractivity contribution in [1.29, 1.82) is 0 Å². The highest BCUT2D eigenvalue weighted by atomic mass is 16.5. The summed E-state index contributed by atoms with van der Waals surface area (Å²) in [5.74, 6) is 1.19. The van der Waals surface area contributed by atoms with Gasteiger partial charge in [0.25, 0.3) is 5.91 Å². The maximum absolute atomic E-state index is 13.2. The van der Waals surface area contributed by atoms with Gasteiger partial charge in [0.05, 0.1) is 12.7 Å². The van der Waals surface area contributed by atoms with Gasteiger partial charge in [0.2, 0.25) is 11.8 Å². The van der Waals surface area contributed by atoms with E-state index in [1.807, 2.05) is 50.4 Å². The van der Waals surface area contributed by atoms with E-state index in [1.54, 1.807) is 18.1 Å². The molecule has 7 heteroatoms. The zero-order valence-corrected chi connectivity index (χ0v) is 18.8. The van der Waals surface area contributed by atoms with Crippen molar-refractivity contribution in [3.05, 3.63) is 59.7 Å². The van der Waals surface area contributed by atoms with Crippen LogP contribution in [0.4, 0.5) is 0 Å². The Morgan fingerprint density at radius 2 is 2.09 bits per heavy atom. The molecule has 2 aliphatic rings. The number of carbonyl (C=O) groups excluding carboxylic acids is 2. The smallest absolute Gasteiger partial charge is 0.253 e. The number of carbonyl (C=O) groups is 2. The fourth-order valence-corrected chi connectivity index (χ4v) is 4.32. The molecule has 0 spiro atoms. The molecular formula is C25H31N3O4. The Labute approximate surface area is 189 Å². The van der Waals surface area contributed by atoms with Crippen LogP contribution >= 0.6 is 0 Å². The van der Waals surface area contributed by atoms with Gasteiger partial charge in [-0.2, -0.15) is 0 Å². The van der Waals surface area contributed by atoms with Gasteiger partial charge in [0.1, 0.15) is 11.3 Å². The van der Waals surface area contributed by atoms with Gasteiger partial charge >= 0.3 is 0 Å². The summed E-state index contributed by atoms with van der Waals surface area (Å²) >= 11 is 0. The Bertz CT molecular complexity index is 1080. The van der Waals surface area contributed by atoms with Gasteiger partial charge in [-0.15, -0.1) is 0 Å². The lowest BCUT2D eigenvalue weighted by Gasteiger charge is -2.25. The summed E-state index contributed by atoms with van der Waals surface area (Å²) in [6.45, 7) is 1.85. The predicted octanol–water partition coefficient (Wildman–Crippen LogP) is 4.22. The molecule has 1 heterocycles. The van der Waals surface area contributed by atoms with Gasteiger partial charge in [0.15, 0.2) is 5.58 Å². The molecule has 1 N–H and O–H groups in total. The number of para-hydroxylation sites is 2. The minimum absolute atomic E-state index is 0. The van der Waals surface area contributed by atoms with Crippen molar-refractivity contribution in [2.75, 3.05) is 14.2 Å². The molecule has 0 bridgehead atoms. The third-order valence-electron chi connectivity index (χ3n) is 6.21. The summed E-state index contributed by atoms with van der Waals surface area (Å²) in [6.07, 6.45) is 9.02. The molecule has 1 aromatic carbocycles. The highest BCUT2D eigenvalue weighted by molar-refractivity contribution is 5.97. The zero-order valence-electron chi connectivity index (χ0n) is 18.8. The minimum Gasteiger partial charge on any atom is -0.500 e. The summed E-state index contributed by atoms with van der Waals surface area (Å²) in [6, 6.07) is 7.83. The number of nitrogens with zero attached hydrogens (tertiary/aromatic N) is 2. The Kier molecular flexibility index (Phi) is 6.44. The number of allylic oxidation sites excluding steroid dienone is 3. The van der Waals surface area contributed by atoms with Crippen molar-refractivity contribution in [1.82, 2.24) is 15.2 Å². The molecule has 170 valence electrons. The second kappa shape index (κ2) is 9.42. The van der Waals surface area contributed by atoms with E-state index in [-0.39, 0.29) is 25.3 Å². The summed E-state index contributed by atoms with van der Waals surface area (Å²) in [5, 5.41) is 3.04. The van der Waals surface area contributed by atoms with Crippen molar-refractivity contribution in [2.24, 2.45) is 0 Å². The number of ether oxygens (including phenoxy) is 1. The number of likely N-dealkylation sites (N-methyl/N-ethyl adjacent to an activating group) is 1. The van der Waals surface area contributed by atoms with Crippen LogP contribution < -0.4 is 5.32 Å². The number of hydrogen-bond donors (Lipinski definition) is 1. The maximum Gasteiger partial charge on any atom is 0.253 e. The summed E-state index contributed by atoms with van der Waals surface area (Å²) in [4.78, 5) is 31.3. The number of rotatable bonds is 6. The van der Waals surface area contributed by atoms with Crippen molar-refractivity contribution in [3.63, 3.8) is 0 Å². The summed E-state index contributed by atoms with van der Waals surface area (Å²) in [7, 11) is 3.45. The van der Waals surface area contributed by atoms with Crippen molar-refractivity contribution >= 4 is 28.5 Å². The maximum atomic E-state index is 13.2. The second-order valence-corrected chi connectivity index (χ2v) is 8.23. The normalized spacial score (nSPS) is 20.8. The van der Waals surface area contributed by atoms with Gasteiger partial charge in [0, 0.05) is 39.0 Å². The highest BCUT2D eigenvalue weighted by Crippen LogP contribution is 2.30. The van der Waals surface area contributed by atoms with Crippen LogP contribution in [-0.4, -0.2) is 47.9 Å². The summed E-state index contributed by atoms with van der Waals surface area (Å²) in [5.41, 5.74) is 2.82. The van der Waals surface area contributed by atoms with Crippen molar-refractivity contribution < 1.29 is 20.2 Å². The number of oxazole rings is 1. The summed E-state index contributed by atoms with van der Waals surface area (Å²) < 4.78 is 11.5. The SMILES string of the molecule is CCC(=O)N[C@H]1CCC(N(C)C(=O)C2=CCC(OC)=C(c3nc4ccccc4o3)C=C2)C1.[HH]. The molecule has 4 rings (SSSR count). The fourth-order valence-electron chi connectivity index (χ4n) is 4.32. The average Bonchev–Trinajstić information content (AvgIpc) is 3.39. The standard InChI is InChI=1S/C25H29N3O4.H2/c1-4-23(29)26-17-11-12-18(15-17)28(2)25(30)16-9-13-19(21(31-3)14-10-16)24-27-20-7-5-6-8-22(20)32-24;/h5-10,13,17-18H,4,11-12,14-15H2,1-3H3,(H,26,29);1H/t17-,18?;/m0./s1. The van der Waals surface area contributed by atoms with Crippen LogP contribution in [0.2, 0.25) is 0 Å². The number of aromatic nitrogens is 1. The Morgan fingerprint density at radius 1 is 1.28 bits per heavy atom. The van der Waals surface area contributed by atoms with Crippen molar-refractivity contribution in [2.45, 2.75) is 51.1 Å². The molecule has 7 nitrogen and oxygen atoms in total. The molecule has 1 unspecified atom stereocenters. The lowest BCUT2D eigenvalue weighted by Crippen LogP contribution is -2.38. The van der Waals surface area contributed by atoms with E-state index in [2.05, 4.69) is 10.3 Å². The first kappa shape index (κ1) is 21.9. The lowest BCUT2D eigenvalue weighted by molar-refractivity contribution is -0.127. The largest absolute Gasteiger partial charge is 0.500 e. The van der Waals surface area contributed by atoms with Gasteiger partial charge in [-0.1, -0.05) is 25.1 Å². The van der Waals surface area contributed by atoms with E-state index >= 15 is 0 Å². The first-order chi connectivity index (χ1) is 15.5. The molecule has 1 saturated carbocycles. The number of amides is 2. The highest BCUT2D eigenvalue weighted by Gasteiger charge is 2.31. The van der Waals surface area contributed by atoms with Gasteiger partial charge in [-0.3, -0.25) is 9.59 Å². The van der Waals surface area contributed by atoms with Crippen LogP contribution in [0, 0.1) is 0 Å². The third kappa shape index (κ3) is 4.47. The molecular weight excluding hydrogens is 406 g/mol. The molecule has 2 atom stereocenters. The molecule has 1 aromatic heterocycles. The average molecular weight is 438 g/mol. The predicted molar refractivity (Wildman–Crippen MR) is 125 cm³/mol. The molecule has 0 saturated heterocycles. The minimum atomic E-state index is -0.0389. The quantitative estimate of drug-likeness (QED) is 0.731. The fraction of sp³-hybridized carbons (Fsp3) is 0.400. The third-order valence-corrected chi connectivity index (χ3v) is 6.21. The van der Waals surface area contributed by atoms with Crippen LogP contribution in [0.15, 0.2) is 58.2 Å². The molecule has 0 aliphatic heterocycles. The number of benzene rings is 1. The van der Waals surface area contributed by atoms with E-state index in [1.165, 1.54) is 0 Å². The number of methoxy groups -OCH3 is 1. The van der Waals surface area contributed by atoms with Crippen LogP contribution in [0.25, 0.3) is 16.7 Å². The molecule has 2 amide bonds. The van der Waals surface area contributed by atoms with E-state index in [4.69, 9.17) is 9.15 Å². The van der Waals surface area contributed by atoms with Crippen LogP contribution in [0.5, 0.6) is 0 Å². The van der Waals surface area contributed by atoms with Gasteiger partial charge < -0.3 is 19.4 Å². The van der Waals surface area contributed by atoms with E-state index in [9.17, 15) is 9.59 Å². The Balaban J connectivity index is 0.00000306. The first-order valence-electron chi connectivity index (χ1n) is 11.1. The van der Waals surface area contributed by atoms with Crippen LogP contribution in [-0.2, 0) is 14.3 Å². The topological polar surface area (TPSA) is 84.7 Å². The molecule has 32 heavy (non-hydrogen) atoms. The van der Waals surface area contributed by atoms with Crippen LogP contribution in [0.1, 0.15) is 46.3 Å². The van der Waals surface area contributed by atoms with Crippen molar-refractivity contribution in [3.8, 4) is 0 Å². The molecule has 2 aliphatic carbocycles. The monoisotopic (exact) mass is 437 g/mol. The Hall–Kier alpha value is -3.35. The van der Waals surface area contributed by atoms with Gasteiger partial charge in [-0.25, -0.2) is 4.98 Å². The van der Waals surface area contributed by atoms with E-state index in [0.717, 1.165) is 30.4 Å². The van der Waals surface area contributed by atoms with Gasteiger partial charge in [-0.05, 0) is 43.5 Å². The molecule has 2 aromatic rings. The number of hydrogen-bond acceptors (Lipinski definition) is 5. The van der Waals surface area contributed by atoms with Crippen LogP contribution in [0.3, 0.4) is 0 Å². The zero-order chi connectivity index (χ0) is 22.7. The lowest BCUT2D eigenvalue weighted by atomic mass is 10.1. The second-order valence-electron chi connectivity index (χ2n) is 8.23. The van der Waals surface area contributed by atoms with E-state index in [0.29, 0.717) is 35.6 Å².